The summed E-state index contributed by atoms with van der Waals surface area (Å²) in [5.41, 5.74) is -0.0838. The predicted octanol–water partition coefficient (Wildman–Crippen LogP) is 2.55. The largest absolute Gasteiger partial charge is 0.468 e. The maximum atomic E-state index is 11.6. The van der Waals surface area contributed by atoms with Crippen molar-refractivity contribution in [2.75, 3.05) is 13.2 Å². The minimum absolute atomic E-state index is 0.0838. The third-order valence-corrected chi connectivity index (χ3v) is 3.43. The molecule has 0 fully saturated rings. The van der Waals surface area contributed by atoms with Crippen molar-refractivity contribution >= 4 is 17.7 Å². The van der Waals surface area contributed by atoms with Crippen LogP contribution in [0.25, 0.3) is 0 Å². The van der Waals surface area contributed by atoms with Gasteiger partial charge in [0.15, 0.2) is 0 Å². The van der Waals surface area contributed by atoms with E-state index in [1.807, 2.05) is 26.0 Å². The number of thioether (sulfide) groups is 1. The van der Waals surface area contributed by atoms with Crippen LogP contribution in [-0.2, 0) is 10.5 Å². The Balaban J connectivity index is 2.20. The summed E-state index contributed by atoms with van der Waals surface area (Å²) in [5.74, 6) is 1.49. The monoisotopic (exact) mass is 283 g/mol. The van der Waals surface area contributed by atoms with Gasteiger partial charge in [-0.15, -0.1) is 11.8 Å². The highest BCUT2D eigenvalue weighted by molar-refractivity contribution is 8.01. The van der Waals surface area contributed by atoms with E-state index in [1.54, 1.807) is 11.7 Å². The number of nitrogens with one attached hydrogen (secondary N) is 1. The smallest absolute Gasteiger partial charge is 0.244 e. The molecule has 0 spiro atoms. The zero-order valence-electron chi connectivity index (χ0n) is 11.4. The number of furan rings is 1. The second-order valence-electron chi connectivity index (χ2n) is 5.05. The topological polar surface area (TPSA) is 62.5 Å². The van der Waals surface area contributed by atoms with Gasteiger partial charge in [0.25, 0.3) is 0 Å². The van der Waals surface area contributed by atoms with Crippen molar-refractivity contribution in [1.29, 1.82) is 0 Å². The Morgan fingerprint density at radius 3 is 3.00 bits per heavy atom. The van der Waals surface area contributed by atoms with Crippen molar-refractivity contribution in [1.82, 2.24) is 5.32 Å². The first-order valence-corrected chi connectivity index (χ1v) is 7.27. The zero-order chi connectivity index (χ0) is 14.1. The van der Waals surface area contributed by atoms with Gasteiger partial charge in [0, 0.05) is 19.2 Å². The number of rotatable bonds is 8. The average Bonchev–Trinajstić information content (AvgIpc) is 2.85. The fourth-order valence-electron chi connectivity index (χ4n) is 1.41. The highest BCUT2D eigenvalue weighted by Crippen LogP contribution is 2.18. The van der Waals surface area contributed by atoms with E-state index in [4.69, 9.17) is 9.52 Å². The second-order valence-corrected chi connectivity index (χ2v) is 5.94. The standard InChI is InChI=1S/C14H21NO3S/c1-14(2,6-7-16)11-15-13(17)5-9-19-10-12-4-3-8-18-12/h3-5,8-9,16H,6-7,10-11H2,1-2H3,(H,15,17)/b9-5+. The number of amides is 1. The average molecular weight is 283 g/mol. The van der Waals surface area contributed by atoms with Crippen LogP contribution in [-0.4, -0.2) is 24.2 Å². The van der Waals surface area contributed by atoms with Gasteiger partial charge in [-0.3, -0.25) is 4.79 Å². The molecule has 0 radical (unpaired) electrons. The zero-order valence-corrected chi connectivity index (χ0v) is 12.2. The van der Waals surface area contributed by atoms with Crippen molar-refractivity contribution in [2.45, 2.75) is 26.0 Å². The highest BCUT2D eigenvalue weighted by atomic mass is 32.2. The first-order valence-electron chi connectivity index (χ1n) is 6.23. The molecule has 106 valence electrons. The normalized spacial score (nSPS) is 11.9. The Bertz CT molecular complexity index is 399. The van der Waals surface area contributed by atoms with Gasteiger partial charge < -0.3 is 14.8 Å². The van der Waals surface area contributed by atoms with Gasteiger partial charge >= 0.3 is 0 Å². The number of aliphatic hydroxyl groups excluding tert-OH is 1. The van der Waals surface area contributed by atoms with Gasteiger partial charge in [0.1, 0.15) is 5.76 Å². The molecule has 0 aromatic carbocycles. The second kappa shape index (κ2) is 8.07. The summed E-state index contributed by atoms with van der Waals surface area (Å²) in [4.78, 5) is 11.6. The summed E-state index contributed by atoms with van der Waals surface area (Å²) in [7, 11) is 0. The molecule has 19 heavy (non-hydrogen) atoms. The van der Waals surface area contributed by atoms with Crippen LogP contribution in [0, 0.1) is 5.41 Å². The molecule has 0 aliphatic carbocycles. The molecule has 0 aliphatic heterocycles. The molecule has 5 heteroatoms. The van der Waals surface area contributed by atoms with Crippen LogP contribution < -0.4 is 5.32 Å². The lowest BCUT2D eigenvalue weighted by molar-refractivity contribution is -0.117. The molecule has 0 saturated heterocycles. The van der Waals surface area contributed by atoms with E-state index >= 15 is 0 Å². The Hall–Kier alpha value is -1.20. The number of carbonyl (C=O) groups excluding carboxylic acids is 1. The van der Waals surface area contributed by atoms with E-state index in [0.717, 1.165) is 5.76 Å². The van der Waals surface area contributed by atoms with Gasteiger partial charge in [-0.25, -0.2) is 0 Å². The summed E-state index contributed by atoms with van der Waals surface area (Å²) >= 11 is 1.51. The Labute approximate surface area is 118 Å². The Morgan fingerprint density at radius 2 is 2.37 bits per heavy atom. The van der Waals surface area contributed by atoms with Crippen molar-refractivity contribution in [3.63, 3.8) is 0 Å². The quantitative estimate of drug-likeness (QED) is 0.720. The molecule has 0 atom stereocenters. The first kappa shape index (κ1) is 15.9. The molecule has 1 heterocycles. The van der Waals surface area contributed by atoms with E-state index in [0.29, 0.717) is 18.7 Å². The van der Waals surface area contributed by atoms with Gasteiger partial charge in [-0.2, -0.15) is 0 Å². The van der Waals surface area contributed by atoms with E-state index in [1.165, 1.54) is 17.8 Å². The lowest BCUT2D eigenvalue weighted by Crippen LogP contribution is -2.33. The van der Waals surface area contributed by atoms with Crippen LogP contribution in [0.2, 0.25) is 0 Å². The molecule has 1 aromatic heterocycles. The fraction of sp³-hybridized carbons (Fsp3) is 0.500. The highest BCUT2D eigenvalue weighted by Gasteiger charge is 2.17. The number of aliphatic hydroxyl groups is 1. The minimum atomic E-state index is -0.113. The summed E-state index contributed by atoms with van der Waals surface area (Å²) in [6.45, 7) is 4.72. The summed E-state index contributed by atoms with van der Waals surface area (Å²) < 4.78 is 5.18. The van der Waals surface area contributed by atoms with Crippen LogP contribution in [0.15, 0.2) is 34.3 Å². The first-order chi connectivity index (χ1) is 9.03. The van der Waals surface area contributed by atoms with Gasteiger partial charge in [0.2, 0.25) is 5.91 Å². The van der Waals surface area contributed by atoms with Crippen LogP contribution in [0.4, 0.5) is 0 Å². The molecule has 0 unspecified atom stereocenters. The lowest BCUT2D eigenvalue weighted by atomic mass is 9.90. The molecule has 0 bridgehead atoms. The Kier molecular flexibility index (Phi) is 6.73. The van der Waals surface area contributed by atoms with Crippen molar-refractivity contribution < 1.29 is 14.3 Å². The summed E-state index contributed by atoms with van der Waals surface area (Å²) in [6.07, 6.45) is 3.82. The van der Waals surface area contributed by atoms with E-state index in [9.17, 15) is 4.79 Å². The lowest BCUT2D eigenvalue weighted by Gasteiger charge is -2.23. The molecular weight excluding hydrogens is 262 g/mol. The Morgan fingerprint density at radius 1 is 1.58 bits per heavy atom. The predicted molar refractivity (Wildman–Crippen MR) is 77.6 cm³/mol. The van der Waals surface area contributed by atoms with Crippen LogP contribution >= 0.6 is 11.8 Å². The maximum Gasteiger partial charge on any atom is 0.244 e. The van der Waals surface area contributed by atoms with E-state index in [-0.39, 0.29) is 17.9 Å². The molecule has 1 amide bonds. The fourth-order valence-corrected chi connectivity index (χ4v) is 2.06. The third-order valence-electron chi connectivity index (χ3n) is 2.65. The molecule has 1 aromatic rings. The summed E-state index contributed by atoms with van der Waals surface area (Å²) in [6, 6.07) is 3.74. The molecule has 2 N–H and O–H groups in total. The molecule has 0 saturated carbocycles. The number of carbonyl (C=O) groups is 1. The SMILES string of the molecule is CC(C)(CCO)CNC(=O)/C=C/SCc1ccco1. The number of hydrogen-bond acceptors (Lipinski definition) is 4. The number of hydrogen-bond donors (Lipinski definition) is 2. The summed E-state index contributed by atoms with van der Waals surface area (Å²) in [5, 5.41) is 13.5. The molecular formula is C14H21NO3S. The molecule has 1 rings (SSSR count). The third kappa shape index (κ3) is 7.08. The van der Waals surface area contributed by atoms with E-state index < -0.39 is 0 Å². The van der Waals surface area contributed by atoms with Crippen LogP contribution in [0.5, 0.6) is 0 Å². The van der Waals surface area contributed by atoms with Crippen molar-refractivity contribution in [3.8, 4) is 0 Å². The minimum Gasteiger partial charge on any atom is -0.468 e. The van der Waals surface area contributed by atoms with Crippen molar-refractivity contribution in [2.24, 2.45) is 5.41 Å². The van der Waals surface area contributed by atoms with Crippen LogP contribution in [0.1, 0.15) is 26.0 Å². The van der Waals surface area contributed by atoms with Crippen molar-refractivity contribution in [3.05, 3.63) is 35.6 Å². The van der Waals surface area contributed by atoms with Crippen LogP contribution in [0.3, 0.4) is 0 Å². The maximum absolute atomic E-state index is 11.6. The van der Waals surface area contributed by atoms with E-state index in [2.05, 4.69) is 5.32 Å². The van der Waals surface area contributed by atoms with Gasteiger partial charge in [0.05, 0.1) is 12.0 Å². The molecule has 0 aliphatic rings. The van der Waals surface area contributed by atoms with Gasteiger partial charge in [-0.1, -0.05) is 13.8 Å². The van der Waals surface area contributed by atoms with Gasteiger partial charge in [-0.05, 0) is 29.4 Å². The molecule has 4 nitrogen and oxygen atoms in total.